The minimum Gasteiger partial charge on any atom is -0.477 e. The number of carbonyl (C=O) groups is 1. The zero-order valence-electron chi connectivity index (χ0n) is 10.9. The van der Waals surface area contributed by atoms with Gasteiger partial charge < -0.3 is 9.47 Å². The van der Waals surface area contributed by atoms with E-state index in [2.05, 4.69) is 0 Å². The Morgan fingerprint density at radius 2 is 1.60 bits per heavy atom. The molecule has 0 aliphatic carbocycles. The summed E-state index contributed by atoms with van der Waals surface area (Å²) < 4.78 is 11.7. The van der Waals surface area contributed by atoms with Crippen LogP contribution >= 0.6 is 11.6 Å². The fourth-order valence-electron chi connectivity index (χ4n) is 2.23. The van der Waals surface area contributed by atoms with Crippen molar-refractivity contribution in [3.8, 4) is 11.5 Å². The van der Waals surface area contributed by atoms with Gasteiger partial charge >= 0.3 is 0 Å². The molecule has 0 saturated heterocycles. The molecule has 0 fully saturated rings. The molecule has 2 aromatic rings. The van der Waals surface area contributed by atoms with E-state index in [9.17, 15) is 4.79 Å². The summed E-state index contributed by atoms with van der Waals surface area (Å²) in [5, 5.41) is 0.644. The number of ketones is 1. The van der Waals surface area contributed by atoms with Gasteiger partial charge in [0.15, 0.2) is 29.5 Å². The van der Waals surface area contributed by atoms with Crippen LogP contribution in [-0.2, 0) is 4.79 Å². The Morgan fingerprint density at radius 3 is 2.20 bits per heavy atom. The van der Waals surface area contributed by atoms with Crippen LogP contribution in [0.4, 0.5) is 0 Å². The zero-order chi connectivity index (χ0) is 14.1. The zero-order valence-corrected chi connectivity index (χ0v) is 11.6. The van der Waals surface area contributed by atoms with E-state index in [-0.39, 0.29) is 5.78 Å². The van der Waals surface area contributed by atoms with Gasteiger partial charge in [-0.1, -0.05) is 35.9 Å². The highest BCUT2D eigenvalue weighted by molar-refractivity contribution is 6.30. The summed E-state index contributed by atoms with van der Waals surface area (Å²) in [6.45, 7) is 1.50. The second kappa shape index (κ2) is 5.17. The summed E-state index contributed by atoms with van der Waals surface area (Å²) in [6.07, 6.45) is -1.11. The number of fused-ring (bicyclic) bond motifs is 1. The first-order chi connectivity index (χ1) is 9.65. The van der Waals surface area contributed by atoms with Gasteiger partial charge in [-0.2, -0.15) is 0 Å². The molecule has 1 aliphatic heterocycles. The molecule has 102 valence electrons. The lowest BCUT2D eigenvalue weighted by Gasteiger charge is -2.32. The van der Waals surface area contributed by atoms with E-state index >= 15 is 0 Å². The number of hydrogen-bond donors (Lipinski definition) is 0. The Labute approximate surface area is 122 Å². The molecule has 0 saturated carbocycles. The van der Waals surface area contributed by atoms with E-state index in [1.54, 1.807) is 18.2 Å². The Kier molecular flexibility index (Phi) is 3.36. The lowest BCUT2D eigenvalue weighted by molar-refractivity contribution is -0.129. The van der Waals surface area contributed by atoms with Gasteiger partial charge in [0, 0.05) is 5.02 Å². The molecule has 0 aromatic heterocycles. The quantitative estimate of drug-likeness (QED) is 0.843. The van der Waals surface area contributed by atoms with Crippen LogP contribution in [0.25, 0.3) is 0 Å². The van der Waals surface area contributed by atoms with Gasteiger partial charge in [-0.15, -0.1) is 0 Å². The highest BCUT2D eigenvalue weighted by atomic mass is 35.5. The summed E-state index contributed by atoms with van der Waals surface area (Å²) in [4.78, 5) is 11.8. The maximum atomic E-state index is 11.8. The van der Waals surface area contributed by atoms with Gasteiger partial charge in [-0.05, 0) is 36.8 Å². The van der Waals surface area contributed by atoms with Crippen LogP contribution in [0.5, 0.6) is 11.5 Å². The summed E-state index contributed by atoms with van der Waals surface area (Å²) in [7, 11) is 0. The standard InChI is InChI=1S/C16H13ClO3/c1-10(18)15-16(11-6-8-12(17)9-7-11)20-14-5-3-2-4-13(14)19-15/h2-9,15-16H,1H3. The molecule has 1 aliphatic rings. The summed E-state index contributed by atoms with van der Waals surface area (Å²) in [6, 6.07) is 14.6. The van der Waals surface area contributed by atoms with Crippen molar-refractivity contribution in [2.24, 2.45) is 0 Å². The van der Waals surface area contributed by atoms with Crippen LogP contribution in [0.2, 0.25) is 5.02 Å². The Morgan fingerprint density at radius 1 is 1.00 bits per heavy atom. The van der Waals surface area contributed by atoms with Crippen LogP contribution in [-0.4, -0.2) is 11.9 Å². The molecule has 0 amide bonds. The minimum absolute atomic E-state index is 0.0700. The number of hydrogen-bond acceptors (Lipinski definition) is 3. The first kappa shape index (κ1) is 13.0. The van der Waals surface area contributed by atoms with Gasteiger partial charge in [0.25, 0.3) is 0 Å². The number of halogens is 1. The van der Waals surface area contributed by atoms with Crippen molar-refractivity contribution in [2.45, 2.75) is 19.1 Å². The smallest absolute Gasteiger partial charge is 0.197 e. The van der Waals surface area contributed by atoms with Crippen LogP contribution in [0.15, 0.2) is 48.5 Å². The molecular weight excluding hydrogens is 276 g/mol. The fraction of sp³-hybridized carbons (Fsp3) is 0.188. The lowest BCUT2D eigenvalue weighted by atomic mass is 10.0. The van der Waals surface area contributed by atoms with Gasteiger partial charge in [-0.25, -0.2) is 0 Å². The Bertz CT molecular complexity index is 636. The SMILES string of the molecule is CC(=O)C1Oc2ccccc2OC1c1ccc(Cl)cc1. The average molecular weight is 289 g/mol. The van der Waals surface area contributed by atoms with Crippen molar-refractivity contribution in [3.63, 3.8) is 0 Å². The minimum atomic E-state index is -0.647. The molecule has 20 heavy (non-hydrogen) atoms. The normalized spacial score (nSPS) is 20.5. The maximum Gasteiger partial charge on any atom is 0.197 e. The van der Waals surface area contributed by atoms with Gasteiger partial charge in [0.1, 0.15) is 0 Å². The number of Topliss-reactive ketones (excluding diaryl/α,β-unsaturated/α-hetero) is 1. The summed E-state index contributed by atoms with van der Waals surface area (Å²) in [5.41, 5.74) is 0.865. The maximum absolute atomic E-state index is 11.8. The second-order valence-electron chi connectivity index (χ2n) is 4.69. The van der Waals surface area contributed by atoms with Crippen molar-refractivity contribution >= 4 is 17.4 Å². The van der Waals surface area contributed by atoms with Gasteiger partial charge in [0.2, 0.25) is 0 Å². The molecule has 2 atom stereocenters. The Balaban J connectivity index is 2.00. The summed E-state index contributed by atoms with van der Waals surface area (Å²) in [5.74, 6) is 1.17. The molecule has 0 bridgehead atoms. The highest BCUT2D eigenvalue weighted by Gasteiger charge is 2.35. The third-order valence-electron chi connectivity index (χ3n) is 3.23. The fourth-order valence-corrected chi connectivity index (χ4v) is 2.36. The first-order valence-corrected chi connectivity index (χ1v) is 6.71. The molecule has 3 nitrogen and oxygen atoms in total. The summed E-state index contributed by atoms with van der Waals surface area (Å²) >= 11 is 5.89. The predicted octanol–water partition coefficient (Wildman–Crippen LogP) is 3.81. The monoisotopic (exact) mass is 288 g/mol. The van der Waals surface area contributed by atoms with Gasteiger partial charge in [0.05, 0.1) is 0 Å². The van der Waals surface area contributed by atoms with E-state index in [0.717, 1.165) is 5.56 Å². The number of rotatable bonds is 2. The molecule has 1 heterocycles. The van der Waals surface area contributed by atoms with Crippen LogP contribution in [0, 0.1) is 0 Å². The van der Waals surface area contributed by atoms with E-state index in [1.807, 2.05) is 30.3 Å². The molecule has 2 aromatic carbocycles. The van der Waals surface area contributed by atoms with Crippen molar-refractivity contribution in [2.75, 3.05) is 0 Å². The Hall–Kier alpha value is -2.00. The second-order valence-corrected chi connectivity index (χ2v) is 5.12. The van der Waals surface area contributed by atoms with Crippen molar-refractivity contribution in [1.29, 1.82) is 0 Å². The predicted molar refractivity (Wildman–Crippen MR) is 76.4 cm³/mol. The molecule has 0 N–H and O–H groups in total. The van der Waals surface area contributed by atoms with Crippen LogP contribution in [0.1, 0.15) is 18.6 Å². The third-order valence-corrected chi connectivity index (χ3v) is 3.48. The number of carbonyl (C=O) groups excluding carboxylic acids is 1. The molecule has 0 spiro atoms. The van der Waals surface area contributed by atoms with Crippen molar-refractivity contribution in [3.05, 3.63) is 59.1 Å². The molecule has 0 radical (unpaired) electrons. The largest absolute Gasteiger partial charge is 0.477 e. The molecular formula is C16H13ClO3. The van der Waals surface area contributed by atoms with E-state index in [1.165, 1.54) is 6.92 Å². The van der Waals surface area contributed by atoms with E-state index in [0.29, 0.717) is 16.5 Å². The van der Waals surface area contributed by atoms with Crippen molar-refractivity contribution in [1.82, 2.24) is 0 Å². The molecule has 2 unspecified atom stereocenters. The topological polar surface area (TPSA) is 35.5 Å². The first-order valence-electron chi connectivity index (χ1n) is 6.33. The van der Waals surface area contributed by atoms with E-state index in [4.69, 9.17) is 21.1 Å². The van der Waals surface area contributed by atoms with Crippen LogP contribution in [0.3, 0.4) is 0 Å². The molecule has 4 heteroatoms. The number of benzene rings is 2. The van der Waals surface area contributed by atoms with Crippen LogP contribution < -0.4 is 9.47 Å². The third kappa shape index (κ3) is 2.37. The van der Waals surface area contributed by atoms with Crippen molar-refractivity contribution < 1.29 is 14.3 Å². The molecule has 3 rings (SSSR count). The highest BCUT2D eigenvalue weighted by Crippen LogP contribution is 2.39. The van der Waals surface area contributed by atoms with Gasteiger partial charge in [-0.3, -0.25) is 4.79 Å². The number of ether oxygens (including phenoxy) is 2. The lowest BCUT2D eigenvalue weighted by Crippen LogP contribution is -2.38. The number of para-hydroxylation sites is 2. The van der Waals surface area contributed by atoms with E-state index < -0.39 is 12.2 Å². The average Bonchev–Trinajstić information content (AvgIpc) is 2.46.